The van der Waals surface area contributed by atoms with Gasteiger partial charge in [-0.1, -0.05) is 12.1 Å². The van der Waals surface area contributed by atoms with Gasteiger partial charge in [-0.15, -0.1) is 0 Å². The molecule has 2 aliphatic rings. The minimum absolute atomic E-state index is 0.121. The average molecular weight is 352 g/mol. The molecule has 3 rings (SSSR count). The normalized spacial score (nSPS) is 22.5. The van der Waals surface area contributed by atoms with Gasteiger partial charge in [0, 0.05) is 18.3 Å². The molecule has 2 fully saturated rings. The molecule has 0 aliphatic carbocycles. The van der Waals surface area contributed by atoms with Gasteiger partial charge in [0.25, 0.3) is 5.91 Å². The van der Waals surface area contributed by atoms with Crippen molar-refractivity contribution in [3.8, 4) is 5.75 Å². The Kier molecular flexibility index (Phi) is 6.37. The van der Waals surface area contributed by atoms with Crippen LogP contribution in [0.15, 0.2) is 24.3 Å². The van der Waals surface area contributed by atoms with Gasteiger partial charge >= 0.3 is 0 Å². The molecule has 0 radical (unpaired) electrons. The second-order valence-corrected chi connectivity index (χ2v) is 7.67. The van der Waals surface area contributed by atoms with E-state index in [1.165, 1.54) is 30.1 Å². The van der Waals surface area contributed by atoms with Crippen LogP contribution in [0, 0.1) is 11.7 Å². The molecule has 0 aromatic heterocycles. The van der Waals surface area contributed by atoms with Gasteiger partial charge in [-0.25, -0.2) is 4.39 Å². The molecule has 0 spiro atoms. The number of benzene rings is 1. The number of para-hydroxylation sites is 1. The molecule has 24 heavy (non-hydrogen) atoms. The van der Waals surface area contributed by atoms with E-state index < -0.39 is 5.82 Å². The molecule has 2 aliphatic heterocycles. The topological polar surface area (TPSA) is 41.6 Å². The maximum absolute atomic E-state index is 13.4. The van der Waals surface area contributed by atoms with Crippen molar-refractivity contribution < 1.29 is 13.9 Å². The molecule has 2 heterocycles. The predicted molar refractivity (Wildman–Crippen MR) is 94.9 cm³/mol. The van der Waals surface area contributed by atoms with Crippen LogP contribution >= 0.6 is 11.8 Å². The Labute approximate surface area is 147 Å². The van der Waals surface area contributed by atoms with E-state index in [4.69, 9.17) is 4.74 Å². The summed E-state index contributed by atoms with van der Waals surface area (Å²) in [5.74, 6) is 2.59. The van der Waals surface area contributed by atoms with Crippen molar-refractivity contribution >= 4 is 17.7 Å². The summed E-state index contributed by atoms with van der Waals surface area (Å²) in [4.78, 5) is 14.5. The Morgan fingerprint density at radius 3 is 2.79 bits per heavy atom. The van der Waals surface area contributed by atoms with E-state index in [2.05, 4.69) is 22.0 Å². The maximum atomic E-state index is 13.4. The highest BCUT2D eigenvalue weighted by atomic mass is 32.2. The molecule has 1 aromatic carbocycles. The van der Waals surface area contributed by atoms with Crippen LogP contribution in [0.2, 0.25) is 0 Å². The van der Waals surface area contributed by atoms with Gasteiger partial charge in [-0.2, -0.15) is 11.8 Å². The first kappa shape index (κ1) is 17.5. The standard InChI is InChI=1S/C18H25FN2O2S/c19-16-3-1-2-4-17(16)23-12-18(22)20-11-14-5-8-21(9-6-14)15-7-10-24-13-15/h1-4,14-15H,5-13H2,(H,20,22). The van der Waals surface area contributed by atoms with E-state index in [-0.39, 0.29) is 18.3 Å². The van der Waals surface area contributed by atoms with Gasteiger partial charge in [-0.3, -0.25) is 9.69 Å². The summed E-state index contributed by atoms with van der Waals surface area (Å²) in [6.07, 6.45) is 3.59. The molecule has 0 bridgehead atoms. The lowest BCUT2D eigenvalue weighted by molar-refractivity contribution is -0.123. The molecule has 1 unspecified atom stereocenters. The number of amides is 1. The molecule has 1 atom stereocenters. The Hall–Kier alpha value is -1.27. The fourth-order valence-corrected chi connectivity index (χ4v) is 4.60. The number of hydrogen-bond donors (Lipinski definition) is 1. The second kappa shape index (κ2) is 8.72. The zero-order valence-electron chi connectivity index (χ0n) is 13.9. The first-order valence-electron chi connectivity index (χ1n) is 8.68. The number of piperidine rings is 1. The molecular formula is C18H25FN2O2S. The number of nitrogens with zero attached hydrogens (tertiary/aromatic N) is 1. The van der Waals surface area contributed by atoms with Crippen molar-refractivity contribution in [2.75, 3.05) is 37.7 Å². The first-order chi connectivity index (χ1) is 11.7. The minimum atomic E-state index is -0.442. The van der Waals surface area contributed by atoms with Gasteiger partial charge in [0.05, 0.1) is 0 Å². The summed E-state index contributed by atoms with van der Waals surface area (Å²) in [6, 6.07) is 6.90. The molecule has 2 saturated heterocycles. The SMILES string of the molecule is O=C(COc1ccccc1F)NCC1CCN(C2CCSC2)CC1. The Bertz CT molecular complexity index is 544. The number of ether oxygens (including phenoxy) is 1. The second-order valence-electron chi connectivity index (χ2n) is 6.52. The molecule has 0 saturated carbocycles. The fourth-order valence-electron chi connectivity index (χ4n) is 3.35. The van der Waals surface area contributed by atoms with Gasteiger partial charge in [0.2, 0.25) is 0 Å². The van der Waals surface area contributed by atoms with Crippen molar-refractivity contribution in [1.82, 2.24) is 10.2 Å². The average Bonchev–Trinajstić information content (AvgIpc) is 3.14. The summed E-state index contributed by atoms with van der Waals surface area (Å²) >= 11 is 2.06. The third-order valence-corrected chi connectivity index (χ3v) is 6.00. The molecule has 1 N–H and O–H groups in total. The van der Waals surface area contributed by atoms with Crippen LogP contribution in [0.3, 0.4) is 0 Å². The van der Waals surface area contributed by atoms with E-state index in [9.17, 15) is 9.18 Å². The van der Waals surface area contributed by atoms with Crippen LogP contribution in [0.1, 0.15) is 19.3 Å². The Balaban J connectivity index is 1.33. The summed E-state index contributed by atoms with van der Waals surface area (Å²) in [6.45, 7) is 2.82. The van der Waals surface area contributed by atoms with Crippen molar-refractivity contribution in [3.05, 3.63) is 30.1 Å². The lowest BCUT2D eigenvalue weighted by atomic mass is 9.95. The lowest BCUT2D eigenvalue weighted by Gasteiger charge is -2.35. The number of likely N-dealkylation sites (tertiary alicyclic amines) is 1. The van der Waals surface area contributed by atoms with E-state index in [1.54, 1.807) is 12.1 Å². The van der Waals surface area contributed by atoms with Crippen molar-refractivity contribution in [2.45, 2.75) is 25.3 Å². The summed E-state index contributed by atoms with van der Waals surface area (Å²) in [7, 11) is 0. The van der Waals surface area contributed by atoms with Crippen LogP contribution in [0.5, 0.6) is 5.75 Å². The molecular weight excluding hydrogens is 327 g/mol. The number of carbonyl (C=O) groups is 1. The predicted octanol–water partition coefficient (Wildman–Crippen LogP) is 2.54. The highest BCUT2D eigenvalue weighted by Crippen LogP contribution is 2.26. The summed E-state index contributed by atoms with van der Waals surface area (Å²) in [5.41, 5.74) is 0. The number of nitrogens with one attached hydrogen (secondary N) is 1. The van der Waals surface area contributed by atoms with Crippen LogP contribution in [-0.4, -0.2) is 54.6 Å². The van der Waals surface area contributed by atoms with E-state index in [1.807, 2.05) is 0 Å². The molecule has 4 nitrogen and oxygen atoms in total. The number of thioether (sulfide) groups is 1. The molecule has 1 aromatic rings. The third kappa shape index (κ3) is 4.86. The summed E-state index contributed by atoms with van der Waals surface area (Å²) < 4.78 is 18.6. The minimum Gasteiger partial charge on any atom is -0.481 e. The summed E-state index contributed by atoms with van der Waals surface area (Å²) in [5, 5.41) is 2.92. The third-order valence-electron chi connectivity index (χ3n) is 4.85. The molecule has 132 valence electrons. The number of carbonyl (C=O) groups excluding carboxylic acids is 1. The van der Waals surface area contributed by atoms with Crippen LogP contribution in [-0.2, 0) is 4.79 Å². The first-order valence-corrected chi connectivity index (χ1v) is 9.83. The monoisotopic (exact) mass is 352 g/mol. The highest BCUT2D eigenvalue weighted by Gasteiger charge is 2.27. The highest BCUT2D eigenvalue weighted by molar-refractivity contribution is 7.99. The van der Waals surface area contributed by atoms with Gasteiger partial charge in [0.1, 0.15) is 0 Å². The largest absolute Gasteiger partial charge is 0.481 e. The van der Waals surface area contributed by atoms with Gasteiger partial charge in [-0.05, 0) is 56.2 Å². The number of halogens is 1. The van der Waals surface area contributed by atoms with E-state index >= 15 is 0 Å². The fraction of sp³-hybridized carbons (Fsp3) is 0.611. The van der Waals surface area contributed by atoms with Gasteiger partial charge < -0.3 is 10.1 Å². The number of rotatable bonds is 6. The van der Waals surface area contributed by atoms with Crippen molar-refractivity contribution in [3.63, 3.8) is 0 Å². The Morgan fingerprint density at radius 1 is 1.29 bits per heavy atom. The van der Waals surface area contributed by atoms with Crippen LogP contribution in [0.25, 0.3) is 0 Å². The molecule has 1 amide bonds. The quantitative estimate of drug-likeness (QED) is 0.854. The maximum Gasteiger partial charge on any atom is 0.257 e. The zero-order chi connectivity index (χ0) is 16.8. The van der Waals surface area contributed by atoms with Crippen LogP contribution in [0.4, 0.5) is 4.39 Å². The van der Waals surface area contributed by atoms with E-state index in [0.29, 0.717) is 12.5 Å². The lowest BCUT2D eigenvalue weighted by Crippen LogP contribution is -2.44. The zero-order valence-corrected chi connectivity index (χ0v) is 14.7. The van der Waals surface area contributed by atoms with Crippen molar-refractivity contribution in [2.24, 2.45) is 5.92 Å². The Morgan fingerprint density at radius 2 is 2.08 bits per heavy atom. The van der Waals surface area contributed by atoms with Crippen LogP contribution < -0.4 is 10.1 Å². The number of hydrogen-bond acceptors (Lipinski definition) is 4. The van der Waals surface area contributed by atoms with E-state index in [0.717, 1.165) is 32.0 Å². The van der Waals surface area contributed by atoms with Crippen molar-refractivity contribution in [1.29, 1.82) is 0 Å². The van der Waals surface area contributed by atoms with Gasteiger partial charge in [0.15, 0.2) is 18.2 Å². The smallest absolute Gasteiger partial charge is 0.257 e. The molecule has 6 heteroatoms.